The average Bonchev–Trinajstić information content (AvgIpc) is 3.08. The summed E-state index contributed by atoms with van der Waals surface area (Å²) in [7, 11) is 5.55. The fourth-order valence-corrected chi connectivity index (χ4v) is 3.34. The highest BCUT2D eigenvalue weighted by Crippen LogP contribution is 2.33. The smallest absolute Gasteiger partial charge is 0.263 e. The van der Waals surface area contributed by atoms with Crippen LogP contribution in [0.2, 0.25) is 0 Å². The van der Waals surface area contributed by atoms with E-state index in [4.69, 9.17) is 0 Å². The molecule has 0 aliphatic carbocycles. The van der Waals surface area contributed by atoms with Crippen LogP contribution in [0.4, 0.5) is 5.82 Å². The first-order valence-corrected chi connectivity index (χ1v) is 8.80. The molecule has 1 aliphatic rings. The van der Waals surface area contributed by atoms with Gasteiger partial charge in [0.25, 0.3) is 11.5 Å². The zero-order chi connectivity index (χ0) is 19.0. The molecule has 0 bridgehead atoms. The van der Waals surface area contributed by atoms with Gasteiger partial charge >= 0.3 is 0 Å². The quantitative estimate of drug-likeness (QED) is 0.840. The first-order valence-electron chi connectivity index (χ1n) is 8.80. The van der Waals surface area contributed by atoms with Gasteiger partial charge in [0, 0.05) is 39.4 Å². The number of aromatic nitrogens is 3. The number of aryl methyl sites for hydroxylation is 2. The first kappa shape index (κ1) is 18.1. The van der Waals surface area contributed by atoms with E-state index in [1.165, 1.54) is 4.57 Å². The first-order chi connectivity index (χ1) is 12.3. The van der Waals surface area contributed by atoms with E-state index in [1.54, 1.807) is 24.1 Å². The molecule has 0 spiro atoms. The van der Waals surface area contributed by atoms with E-state index in [-0.39, 0.29) is 23.1 Å². The fraction of sp³-hybridized carbons (Fsp3) is 0.474. The SMILES string of the molecule is Cc1nc([C@H]2CCCN2C(=O)c2ccc(C)n(C)c2=O)cc(N(C)C)n1. The molecular weight excluding hydrogens is 330 g/mol. The second kappa shape index (κ2) is 6.90. The predicted molar refractivity (Wildman–Crippen MR) is 101 cm³/mol. The highest BCUT2D eigenvalue weighted by Gasteiger charge is 2.33. The van der Waals surface area contributed by atoms with E-state index in [2.05, 4.69) is 9.97 Å². The maximum absolute atomic E-state index is 13.1. The van der Waals surface area contributed by atoms with Gasteiger partial charge in [0.1, 0.15) is 17.2 Å². The summed E-state index contributed by atoms with van der Waals surface area (Å²) in [5.74, 6) is 1.27. The lowest BCUT2D eigenvalue weighted by atomic mass is 10.1. The Bertz CT molecular complexity index is 903. The number of pyridine rings is 1. The minimum Gasteiger partial charge on any atom is -0.363 e. The largest absolute Gasteiger partial charge is 0.363 e. The number of hydrogen-bond donors (Lipinski definition) is 0. The number of rotatable bonds is 3. The molecule has 7 nitrogen and oxygen atoms in total. The summed E-state index contributed by atoms with van der Waals surface area (Å²) in [5, 5.41) is 0. The van der Waals surface area contributed by atoms with E-state index in [9.17, 15) is 9.59 Å². The van der Waals surface area contributed by atoms with Crippen LogP contribution in [0.3, 0.4) is 0 Å². The van der Waals surface area contributed by atoms with Gasteiger partial charge in [-0.3, -0.25) is 9.59 Å². The second-order valence-corrected chi connectivity index (χ2v) is 7.00. The van der Waals surface area contributed by atoms with Crippen LogP contribution in [0.15, 0.2) is 23.0 Å². The molecule has 1 fully saturated rings. The summed E-state index contributed by atoms with van der Waals surface area (Å²) in [6, 6.07) is 5.23. The van der Waals surface area contributed by atoms with Gasteiger partial charge in [-0.2, -0.15) is 0 Å². The molecule has 1 amide bonds. The Morgan fingerprint density at radius 3 is 2.65 bits per heavy atom. The Labute approximate surface area is 153 Å². The van der Waals surface area contributed by atoms with Crippen molar-refractivity contribution in [2.75, 3.05) is 25.5 Å². The molecule has 2 aromatic heterocycles. The number of likely N-dealkylation sites (tertiary alicyclic amines) is 1. The van der Waals surface area contributed by atoms with Crippen LogP contribution in [0.5, 0.6) is 0 Å². The molecular formula is C19H25N5O2. The van der Waals surface area contributed by atoms with Crippen molar-refractivity contribution in [2.45, 2.75) is 32.7 Å². The van der Waals surface area contributed by atoms with Gasteiger partial charge in [0.15, 0.2) is 0 Å². The van der Waals surface area contributed by atoms with Crippen molar-refractivity contribution in [3.8, 4) is 0 Å². The molecule has 0 saturated carbocycles. The Balaban J connectivity index is 1.98. The molecule has 0 radical (unpaired) electrons. The van der Waals surface area contributed by atoms with Crippen LogP contribution >= 0.6 is 0 Å². The summed E-state index contributed by atoms with van der Waals surface area (Å²) in [4.78, 5) is 38.3. The Morgan fingerprint density at radius 1 is 1.23 bits per heavy atom. The van der Waals surface area contributed by atoms with E-state index in [1.807, 2.05) is 38.9 Å². The van der Waals surface area contributed by atoms with Crippen LogP contribution in [0, 0.1) is 13.8 Å². The molecule has 1 saturated heterocycles. The van der Waals surface area contributed by atoms with Gasteiger partial charge in [0.2, 0.25) is 0 Å². The zero-order valence-corrected chi connectivity index (χ0v) is 16.0. The monoisotopic (exact) mass is 355 g/mol. The molecule has 26 heavy (non-hydrogen) atoms. The Morgan fingerprint density at radius 2 is 1.96 bits per heavy atom. The third-order valence-corrected chi connectivity index (χ3v) is 4.94. The van der Waals surface area contributed by atoms with Crippen LogP contribution in [0.1, 0.15) is 46.5 Å². The normalized spacial score (nSPS) is 16.8. The summed E-state index contributed by atoms with van der Waals surface area (Å²) < 4.78 is 1.51. The van der Waals surface area contributed by atoms with Gasteiger partial charge in [-0.05, 0) is 38.8 Å². The molecule has 7 heteroatoms. The third-order valence-electron chi connectivity index (χ3n) is 4.94. The van der Waals surface area contributed by atoms with Crippen molar-refractivity contribution in [3.05, 3.63) is 51.3 Å². The highest BCUT2D eigenvalue weighted by molar-refractivity contribution is 5.94. The van der Waals surface area contributed by atoms with Crippen LogP contribution < -0.4 is 10.5 Å². The van der Waals surface area contributed by atoms with Crippen molar-refractivity contribution in [1.82, 2.24) is 19.4 Å². The summed E-state index contributed by atoms with van der Waals surface area (Å²) >= 11 is 0. The second-order valence-electron chi connectivity index (χ2n) is 7.00. The van der Waals surface area contributed by atoms with E-state index in [0.717, 1.165) is 30.0 Å². The Hall–Kier alpha value is -2.70. The predicted octanol–water partition coefficient (Wildman–Crippen LogP) is 1.84. The molecule has 0 aromatic carbocycles. The lowest BCUT2D eigenvalue weighted by molar-refractivity contribution is 0.0730. The summed E-state index contributed by atoms with van der Waals surface area (Å²) in [6.07, 6.45) is 1.73. The minimum absolute atomic E-state index is 0.131. The van der Waals surface area contributed by atoms with Gasteiger partial charge in [-0.25, -0.2) is 9.97 Å². The molecule has 1 aliphatic heterocycles. The molecule has 2 aromatic rings. The van der Waals surface area contributed by atoms with Gasteiger partial charge in [0.05, 0.1) is 11.7 Å². The fourth-order valence-electron chi connectivity index (χ4n) is 3.34. The lowest BCUT2D eigenvalue weighted by Gasteiger charge is -2.25. The van der Waals surface area contributed by atoms with Crippen molar-refractivity contribution >= 4 is 11.7 Å². The number of nitrogens with zero attached hydrogens (tertiary/aromatic N) is 5. The zero-order valence-electron chi connectivity index (χ0n) is 16.0. The minimum atomic E-state index is -0.256. The van der Waals surface area contributed by atoms with Crippen molar-refractivity contribution < 1.29 is 4.79 Å². The van der Waals surface area contributed by atoms with E-state index >= 15 is 0 Å². The summed E-state index contributed by atoms with van der Waals surface area (Å²) in [5.41, 5.74) is 1.61. The van der Waals surface area contributed by atoms with Crippen molar-refractivity contribution in [3.63, 3.8) is 0 Å². The van der Waals surface area contributed by atoms with Crippen molar-refractivity contribution in [1.29, 1.82) is 0 Å². The van der Waals surface area contributed by atoms with E-state index in [0.29, 0.717) is 12.4 Å². The van der Waals surface area contributed by atoms with Gasteiger partial charge in [-0.1, -0.05) is 0 Å². The van der Waals surface area contributed by atoms with Crippen LogP contribution in [-0.2, 0) is 7.05 Å². The summed E-state index contributed by atoms with van der Waals surface area (Å²) in [6.45, 7) is 4.33. The number of amides is 1. The number of carbonyl (C=O) groups is 1. The lowest BCUT2D eigenvalue weighted by Crippen LogP contribution is -2.36. The standard InChI is InChI=1S/C19H25N5O2/c1-12-8-9-14(18(25)23(12)5)19(26)24-10-6-7-16(24)15-11-17(22(3)4)21-13(2)20-15/h8-9,11,16H,6-7,10H2,1-5H3/t16-/m1/s1. The number of anilines is 1. The highest BCUT2D eigenvalue weighted by atomic mass is 16.2. The topological polar surface area (TPSA) is 71.3 Å². The van der Waals surface area contributed by atoms with Crippen LogP contribution in [0.25, 0.3) is 0 Å². The van der Waals surface area contributed by atoms with Crippen LogP contribution in [-0.4, -0.2) is 46.0 Å². The van der Waals surface area contributed by atoms with E-state index < -0.39 is 0 Å². The van der Waals surface area contributed by atoms with Crippen molar-refractivity contribution in [2.24, 2.45) is 7.05 Å². The molecule has 0 unspecified atom stereocenters. The third kappa shape index (κ3) is 3.21. The Kier molecular flexibility index (Phi) is 4.80. The maximum Gasteiger partial charge on any atom is 0.263 e. The van der Waals surface area contributed by atoms with Gasteiger partial charge in [-0.15, -0.1) is 0 Å². The molecule has 138 valence electrons. The average molecular weight is 355 g/mol. The number of carbonyl (C=O) groups excluding carboxylic acids is 1. The molecule has 0 N–H and O–H groups in total. The molecule has 3 rings (SSSR count). The molecule has 3 heterocycles. The maximum atomic E-state index is 13.1. The number of hydrogen-bond acceptors (Lipinski definition) is 5. The van der Waals surface area contributed by atoms with Gasteiger partial charge < -0.3 is 14.4 Å². The molecule has 1 atom stereocenters.